The second-order valence-corrected chi connectivity index (χ2v) is 5.46. The first-order valence-electron chi connectivity index (χ1n) is 6.68. The van der Waals surface area contributed by atoms with Crippen molar-refractivity contribution in [2.24, 2.45) is 17.8 Å². The lowest BCUT2D eigenvalue weighted by molar-refractivity contribution is -0.117. The Morgan fingerprint density at radius 3 is 2.61 bits per heavy atom. The predicted molar refractivity (Wildman–Crippen MR) is 68.1 cm³/mol. The van der Waals surface area contributed by atoms with Crippen molar-refractivity contribution in [1.82, 2.24) is 4.98 Å². The van der Waals surface area contributed by atoms with E-state index in [0.29, 0.717) is 12.3 Å². The number of nitrogens with one attached hydrogen (secondary N) is 1. The normalized spacial score (nSPS) is 18.9. The molecule has 0 spiro atoms. The van der Waals surface area contributed by atoms with Crippen LogP contribution in [-0.2, 0) is 4.79 Å². The van der Waals surface area contributed by atoms with Crippen LogP contribution in [0.5, 0.6) is 5.75 Å². The Morgan fingerprint density at radius 1 is 1.39 bits per heavy atom. The minimum absolute atomic E-state index is 0.0206. The van der Waals surface area contributed by atoms with Crippen molar-refractivity contribution in [3.63, 3.8) is 0 Å². The monoisotopic (exact) mass is 246 g/mol. The van der Waals surface area contributed by atoms with E-state index in [2.05, 4.69) is 10.3 Å². The van der Waals surface area contributed by atoms with Crippen LogP contribution >= 0.6 is 0 Å². The molecule has 1 amide bonds. The fraction of sp³-hybridized carbons (Fsp3) is 0.571. The second kappa shape index (κ2) is 4.59. The van der Waals surface area contributed by atoms with E-state index in [9.17, 15) is 9.90 Å². The third kappa shape index (κ3) is 2.63. The highest BCUT2D eigenvalue weighted by atomic mass is 16.3. The fourth-order valence-corrected chi connectivity index (χ4v) is 2.66. The molecular formula is C14H18N2O2. The summed E-state index contributed by atoms with van der Waals surface area (Å²) in [6.45, 7) is 0. The molecule has 1 heterocycles. The van der Waals surface area contributed by atoms with Gasteiger partial charge in [-0.3, -0.25) is 4.79 Å². The van der Waals surface area contributed by atoms with Crippen LogP contribution in [0.1, 0.15) is 32.1 Å². The number of hydrogen-bond acceptors (Lipinski definition) is 3. The van der Waals surface area contributed by atoms with E-state index >= 15 is 0 Å². The van der Waals surface area contributed by atoms with E-state index in [1.54, 1.807) is 12.3 Å². The van der Waals surface area contributed by atoms with Crippen molar-refractivity contribution >= 4 is 11.7 Å². The molecule has 96 valence electrons. The van der Waals surface area contributed by atoms with Crippen molar-refractivity contribution in [3.05, 3.63) is 18.3 Å². The van der Waals surface area contributed by atoms with Crippen molar-refractivity contribution < 1.29 is 9.90 Å². The van der Waals surface area contributed by atoms with Crippen molar-refractivity contribution in [3.8, 4) is 5.75 Å². The highest BCUT2D eigenvalue weighted by Gasteiger charge is 2.42. The molecule has 2 N–H and O–H groups in total. The van der Waals surface area contributed by atoms with Gasteiger partial charge < -0.3 is 10.4 Å². The number of hydrogen-bond donors (Lipinski definition) is 2. The number of aromatic hydroxyl groups is 1. The molecule has 2 aliphatic rings. The average molecular weight is 246 g/mol. The molecule has 18 heavy (non-hydrogen) atoms. The van der Waals surface area contributed by atoms with Crippen LogP contribution in [0.4, 0.5) is 5.82 Å². The third-order valence-electron chi connectivity index (χ3n) is 3.92. The number of aromatic nitrogens is 1. The molecule has 0 unspecified atom stereocenters. The summed E-state index contributed by atoms with van der Waals surface area (Å²) in [5, 5.41) is 12.3. The lowest BCUT2D eigenvalue weighted by atomic mass is 9.94. The summed E-state index contributed by atoms with van der Waals surface area (Å²) in [6.07, 6.45) is 7.26. The highest BCUT2D eigenvalue weighted by Crippen LogP contribution is 2.50. The van der Waals surface area contributed by atoms with E-state index in [-0.39, 0.29) is 17.5 Å². The van der Waals surface area contributed by atoms with Gasteiger partial charge in [0, 0.05) is 12.6 Å². The van der Waals surface area contributed by atoms with Crippen LogP contribution in [0.15, 0.2) is 18.3 Å². The van der Waals surface area contributed by atoms with Gasteiger partial charge in [0.15, 0.2) is 11.6 Å². The van der Waals surface area contributed by atoms with Crippen LogP contribution in [-0.4, -0.2) is 16.0 Å². The Morgan fingerprint density at radius 2 is 2.06 bits per heavy atom. The van der Waals surface area contributed by atoms with Crippen molar-refractivity contribution in [2.75, 3.05) is 5.32 Å². The molecule has 0 radical (unpaired) electrons. The van der Waals surface area contributed by atoms with Gasteiger partial charge in [-0.1, -0.05) is 0 Å². The SMILES string of the molecule is O=C(CC(C1CC1)C1CC1)Nc1ncccc1O. The summed E-state index contributed by atoms with van der Waals surface area (Å²) in [5.74, 6) is 2.36. The van der Waals surface area contributed by atoms with Gasteiger partial charge in [-0.25, -0.2) is 4.98 Å². The first kappa shape index (κ1) is 11.5. The molecule has 0 aromatic carbocycles. The number of amides is 1. The van der Waals surface area contributed by atoms with Crippen molar-refractivity contribution in [2.45, 2.75) is 32.1 Å². The van der Waals surface area contributed by atoms with Gasteiger partial charge in [0.05, 0.1) is 0 Å². The van der Waals surface area contributed by atoms with E-state index < -0.39 is 0 Å². The Bertz CT molecular complexity index is 441. The summed E-state index contributed by atoms with van der Waals surface area (Å²) in [6, 6.07) is 3.17. The molecule has 1 aromatic rings. The molecule has 2 saturated carbocycles. The van der Waals surface area contributed by atoms with Crippen LogP contribution in [0.2, 0.25) is 0 Å². The van der Waals surface area contributed by atoms with E-state index in [1.165, 1.54) is 31.7 Å². The summed E-state index contributed by atoms with van der Waals surface area (Å²) < 4.78 is 0. The average Bonchev–Trinajstić information content (AvgIpc) is 3.22. The quantitative estimate of drug-likeness (QED) is 0.839. The van der Waals surface area contributed by atoms with Crippen LogP contribution in [0.25, 0.3) is 0 Å². The molecule has 0 saturated heterocycles. The lowest BCUT2D eigenvalue weighted by Crippen LogP contribution is -2.19. The van der Waals surface area contributed by atoms with E-state index in [1.807, 2.05) is 0 Å². The molecule has 0 bridgehead atoms. The number of carbonyl (C=O) groups is 1. The van der Waals surface area contributed by atoms with Gasteiger partial charge >= 0.3 is 0 Å². The second-order valence-electron chi connectivity index (χ2n) is 5.46. The minimum Gasteiger partial charge on any atom is -0.504 e. The zero-order valence-corrected chi connectivity index (χ0v) is 10.3. The summed E-state index contributed by atoms with van der Waals surface area (Å²) >= 11 is 0. The van der Waals surface area contributed by atoms with E-state index in [4.69, 9.17) is 0 Å². The molecular weight excluding hydrogens is 228 g/mol. The van der Waals surface area contributed by atoms with Gasteiger partial charge in [0.25, 0.3) is 0 Å². The molecule has 2 fully saturated rings. The first-order chi connectivity index (χ1) is 8.74. The van der Waals surface area contributed by atoms with Crippen LogP contribution in [0, 0.1) is 17.8 Å². The molecule has 4 nitrogen and oxygen atoms in total. The highest BCUT2D eigenvalue weighted by molar-refractivity contribution is 5.91. The van der Waals surface area contributed by atoms with Crippen molar-refractivity contribution in [1.29, 1.82) is 0 Å². The number of rotatable bonds is 5. The van der Waals surface area contributed by atoms with Gasteiger partial charge in [-0.15, -0.1) is 0 Å². The summed E-state index contributed by atoms with van der Waals surface area (Å²) in [5.41, 5.74) is 0. The van der Waals surface area contributed by atoms with Crippen LogP contribution in [0.3, 0.4) is 0 Å². The fourth-order valence-electron chi connectivity index (χ4n) is 2.66. The molecule has 2 aliphatic carbocycles. The predicted octanol–water partition coefficient (Wildman–Crippen LogP) is 2.55. The minimum atomic E-state index is -0.0206. The topological polar surface area (TPSA) is 62.2 Å². The Balaban J connectivity index is 1.59. The number of anilines is 1. The zero-order chi connectivity index (χ0) is 12.5. The maximum Gasteiger partial charge on any atom is 0.225 e. The number of nitrogens with zero attached hydrogens (tertiary/aromatic N) is 1. The van der Waals surface area contributed by atoms with Gasteiger partial charge in [-0.2, -0.15) is 0 Å². The Hall–Kier alpha value is -1.58. The number of pyridine rings is 1. The standard InChI is InChI=1S/C14H18N2O2/c17-12-2-1-7-15-14(12)16-13(18)8-11(9-3-4-9)10-5-6-10/h1-2,7,9-11,17H,3-6,8H2,(H,15,16,18). The number of carbonyl (C=O) groups excluding carboxylic acids is 1. The van der Waals surface area contributed by atoms with Crippen LogP contribution < -0.4 is 5.32 Å². The maximum absolute atomic E-state index is 12.0. The Labute approximate surface area is 106 Å². The van der Waals surface area contributed by atoms with Gasteiger partial charge in [0.1, 0.15) is 0 Å². The smallest absolute Gasteiger partial charge is 0.225 e. The zero-order valence-electron chi connectivity index (χ0n) is 10.3. The summed E-state index contributed by atoms with van der Waals surface area (Å²) in [4.78, 5) is 15.9. The summed E-state index contributed by atoms with van der Waals surface area (Å²) in [7, 11) is 0. The largest absolute Gasteiger partial charge is 0.504 e. The molecule has 1 aromatic heterocycles. The third-order valence-corrected chi connectivity index (χ3v) is 3.92. The maximum atomic E-state index is 12.0. The van der Waals surface area contributed by atoms with Gasteiger partial charge in [0.2, 0.25) is 5.91 Å². The molecule has 0 atom stereocenters. The van der Waals surface area contributed by atoms with E-state index in [0.717, 1.165) is 11.8 Å². The first-order valence-corrected chi connectivity index (χ1v) is 6.68. The lowest BCUT2D eigenvalue weighted by Gasteiger charge is -2.14. The molecule has 4 heteroatoms. The van der Waals surface area contributed by atoms with Gasteiger partial charge in [-0.05, 0) is 55.6 Å². The molecule has 3 rings (SSSR count). The molecule has 0 aliphatic heterocycles. The Kier molecular flexibility index (Phi) is 2.94.